The average Bonchev–Trinajstić information content (AvgIpc) is 3.57. The fourth-order valence-electron chi connectivity index (χ4n) is 4.87. The summed E-state index contributed by atoms with van der Waals surface area (Å²) in [4.78, 5) is 21.0. The molecule has 1 atom stereocenters. The number of hydrogen-bond donors (Lipinski definition) is 2. The van der Waals surface area contributed by atoms with Crippen molar-refractivity contribution in [2.24, 2.45) is 7.05 Å². The highest BCUT2D eigenvalue weighted by Crippen LogP contribution is 2.35. The topological polar surface area (TPSA) is 141 Å². The van der Waals surface area contributed by atoms with Crippen LogP contribution in [0.15, 0.2) is 65.8 Å². The number of carbonyl (C=O) groups is 1. The molecule has 0 aliphatic rings. The lowest BCUT2D eigenvalue weighted by Crippen LogP contribution is -2.11. The number of aliphatic hydroxyl groups excluding tert-OH is 1. The molecule has 0 spiro atoms. The quantitative estimate of drug-likeness (QED) is 0.221. The molecule has 0 saturated heterocycles. The highest BCUT2D eigenvalue weighted by atomic mass is 32.2. The maximum Gasteiger partial charge on any atom is 0.184 e. The minimum atomic E-state index is -3.82. The van der Waals surface area contributed by atoms with E-state index < -0.39 is 28.1 Å². The Labute approximate surface area is 243 Å². The molecule has 0 aliphatic heterocycles. The molecule has 0 bridgehead atoms. The molecule has 0 saturated carbocycles. The molecule has 0 aliphatic carbocycles. The Balaban J connectivity index is 1.59. The number of rotatable bonds is 11. The first-order valence-electron chi connectivity index (χ1n) is 13.3. The lowest BCUT2D eigenvalue weighted by molar-refractivity contribution is -0.108. The van der Waals surface area contributed by atoms with Crippen LogP contribution in [0.5, 0.6) is 5.75 Å². The zero-order valence-corrected chi connectivity index (χ0v) is 24.6. The van der Waals surface area contributed by atoms with Crippen LogP contribution >= 0.6 is 0 Å². The predicted molar refractivity (Wildman–Crippen MR) is 159 cm³/mol. The van der Waals surface area contributed by atoms with E-state index >= 15 is 0 Å². The lowest BCUT2D eigenvalue weighted by Gasteiger charge is -2.14. The smallest absolute Gasteiger partial charge is 0.184 e. The molecule has 0 fully saturated rings. The van der Waals surface area contributed by atoms with Crippen LogP contribution in [0, 0.1) is 6.92 Å². The van der Waals surface area contributed by atoms with E-state index in [0.717, 1.165) is 23.2 Å². The first-order valence-corrected chi connectivity index (χ1v) is 15.0. The summed E-state index contributed by atoms with van der Waals surface area (Å²) < 4.78 is 34.8. The number of sulfone groups is 1. The first kappa shape index (κ1) is 29.0. The molecule has 0 radical (unpaired) electrons. The number of benzene rings is 2. The number of nitrogens with zero attached hydrogens (tertiary/aromatic N) is 5. The number of aldehydes is 1. The minimum Gasteiger partial charge on any atom is -0.495 e. The van der Waals surface area contributed by atoms with Crippen molar-refractivity contribution in [2.75, 3.05) is 24.8 Å². The molecule has 12 heteroatoms. The van der Waals surface area contributed by atoms with Gasteiger partial charge in [0.2, 0.25) is 0 Å². The largest absolute Gasteiger partial charge is 0.495 e. The summed E-state index contributed by atoms with van der Waals surface area (Å²) in [5.74, 6) is 0.746. The van der Waals surface area contributed by atoms with Gasteiger partial charge in [0, 0.05) is 43.2 Å². The third-order valence-corrected chi connectivity index (χ3v) is 8.79. The van der Waals surface area contributed by atoms with Gasteiger partial charge in [-0.3, -0.25) is 0 Å². The Morgan fingerprint density at radius 1 is 1.14 bits per heavy atom. The zero-order chi connectivity index (χ0) is 30.0. The Bertz CT molecular complexity index is 1880. The van der Waals surface area contributed by atoms with Gasteiger partial charge in [-0.2, -0.15) is 9.61 Å². The van der Waals surface area contributed by atoms with Gasteiger partial charge in [0.15, 0.2) is 15.5 Å². The molecule has 0 amide bonds. The van der Waals surface area contributed by atoms with Gasteiger partial charge >= 0.3 is 0 Å². The van der Waals surface area contributed by atoms with Crippen LogP contribution in [0.4, 0.5) is 5.82 Å². The molecule has 42 heavy (non-hydrogen) atoms. The molecular formula is C30H32N6O5S. The van der Waals surface area contributed by atoms with Crippen molar-refractivity contribution in [1.82, 2.24) is 24.1 Å². The highest BCUT2D eigenvalue weighted by Gasteiger charge is 2.24. The van der Waals surface area contributed by atoms with Crippen LogP contribution in [0.3, 0.4) is 0 Å². The molecule has 1 unspecified atom stereocenters. The predicted octanol–water partition coefficient (Wildman–Crippen LogP) is 3.79. The van der Waals surface area contributed by atoms with Gasteiger partial charge in [0.05, 0.1) is 36.8 Å². The van der Waals surface area contributed by atoms with Crippen LogP contribution < -0.4 is 10.1 Å². The lowest BCUT2D eigenvalue weighted by atomic mass is 10.1. The Hall–Kier alpha value is -4.55. The fraction of sp³-hybridized carbons (Fsp3) is 0.267. The van der Waals surface area contributed by atoms with Crippen molar-refractivity contribution < 1.29 is 23.1 Å². The van der Waals surface area contributed by atoms with E-state index in [1.54, 1.807) is 35.8 Å². The summed E-state index contributed by atoms with van der Waals surface area (Å²) in [5, 5.41) is 17.5. The number of nitrogens with one attached hydrogen (secondary N) is 1. The summed E-state index contributed by atoms with van der Waals surface area (Å²) >= 11 is 0. The second-order valence-electron chi connectivity index (χ2n) is 10.0. The van der Waals surface area contributed by atoms with E-state index in [9.17, 15) is 18.3 Å². The minimum absolute atomic E-state index is 0.0290. The second kappa shape index (κ2) is 11.7. The molecule has 3 aromatic heterocycles. The van der Waals surface area contributed by atoms with Gasteiger partial charge < -0.3 is 24.5 Å². The van der Waals surface area contributed by atoms with E-state index in [0.29, 0.717) is 40.5 Å². The number of aromatic nitrogens is 5. The number of carbonyl (C=O) groups excluding carboxylic acids is 1. The summed E-state index contributed by atoms with van der Waals surface area (Å²) in [7, 11) is -0.474. The van der Waals surface area contributed by atoms with E-state index in [1.165, 1.54) is 13.2 Å². The van der Waals surface area contributed by atoms with Crippen molar-refractivity contribution in [2.45, 2.75) is 31.2 Å². The van der Waals surface area contributed by atoms with Crippen molar-refractivity contribution in [3.05, 3.63) is 77.9 Å². The Kier molecular flexibility index (Phi) is 8.10. The first-order chi connectivity index (χ1) is 20.2. The number of aryl methyl sites for hydroxylation is 2. The summed E-state index contributed by atoms with van der Waals surface area (Å²) in [6.07, 6.45) is 4.49. The normalized spacial score (nSPS) is 12.4. The van der Waals surface area contributed by atoms with Gasteiger partial charge in [-0.05, 0) is 36.2 Å². The standard InChI is InChI=1S/C30H32N6O5S/c1-19(18-38)24-16-27(32-17-21-6-5-7-23(14-21)29-31-10-11-35(29)3)36-30(33-24)28(20(2)34-36)22-8-9-25(41-4)26(15-22)42(39,40)13-12-37/h5-11,14-16,18-19,32,37H,12-13,17H2,1-4H3. The SMILES string of the molecule is COc1ccc(-c2c(C)nn3c(NCc4cccc(-c5nccn5C)c4)cc(C(C)C=O)nc23)cc1S(=O)(=O)CCO. The molecule has 5 aromatic rings. The summed E-state index contributed by atoms with van der Waals surface area (Å²) in [6, 6.07) is 14.7. The number of hydrogen-bond acceptors (Lipinski definition) is 9. The summed E-state index contributed by atoms with van der Waals surface area (Å²) in [6.45, 7) is 3.53. The van der Waals surface area contributed by atoms with Gasteiger partial charge in [0.25, 0.3) is 0 Å². The monoisotopic (exact) mass is 588 g/mol. The highest BCUT2D eigenvalue weighted by molar-refractivity contribution is 7.91. The van der Waals surface area contributed by atoms with Gasteiger partial charge in [-0.15, -0.1) is 0 Å². The van der Waals surface area contributed by atoms with Gasteiger partial charge in [-0.25, -0.2) is 18.4 Å². The van der Waals surface area contributed by atoms with Crippen molar-refractivity contribution in [3.8, 4) is 28.3 Å². The second-order valence-corrected chi connectivity index (χ2v) is 12.1. The number of imidazole rings is 1. The van der Waals surface area contributed by atoms with Crippen LogP contribution in [-0.2, 0) is 28.2 Å². The number of ether oxygens (including phenoxy) is 1. The number of aliphatic hydroxyl groups is 1. The molecular weight excluding hydrogens is 556 g/mol. The molecule has 5 rings (SSSR count). The Morgan fingerprint density at radius 3 is 2.64 bits per heavy atom. The zero-order valence-electron chi connectivity index (χ0n) is 23.8. The summed E-state index contributed by atoms with van der Waals surface area (Å²) in [5.41, 5.74) is 4.83. The maximum absolute atomic E-state index is 12.9. The van der Waals surface area contributed by atoms with Gasteiger partial charge in [-0.1, -0.05) is 31.2 Å². The third-order valence-electron chi connectivity index (χ3n) is 7.08. The number of methoxy groups -OCH3 is 1. The number of fused-ring (bicyclic) bond motifs is 1. The average molecular weight is 589 g/mol. The van der Waals surface area contributed by atoms with Crippen LogP contribution in [0.25, 0.3) is 28.2 Å². The van der Waals surface area contributed by atoms with Gasteiger partial charge in [0.1, 0.15) is 28.6 Å². The van der Waals surface area contributed by atoms with Crippen molar-refractivity contribution >= 4 is 27.6 Å². The van der Waals surface area contributed by atoms with E-state index in [4.69, 9.17) is 14.8 Å². The number of anilines is 1. The Morgan fingerprint density at radius 2 is 1.95 bits per heavy atom. The van der Waals surface area contributed by atoms with E-state index in [-0.39, 0.29) is 10.6 Å². The van der Waals surface area contributed by atoms with Crippen LogP contribution in [-0.4, -0.2) is 63.4 Å². The van der Waals surface area contributed by atoms with E-state index in [1.807, 2.05) is 42.9 Å². The van der Waals surface area contributed by atoms with Crippen LogP contribution in [0.2, 0.25) is 0 Å². The molecule has 2 N–H and O–H groups in total. The third kappa shape index (κ3) is 5.50. The molecule has 218 valence electrons. The van der Waals surface area contributed by atoms with Crippen molar-refractivity contribution in [3.63, 3.8) is 0 Å². The van der Waals surface area contributed by atoms with E-state index in [2.05, 4.69) is 16.4 Å². The van der Waals surface area contributed by atoms with Crippen LogP contribution in [0.1, 0.15) is 29.8 Å². The molecule has 3 heterocycles. The maximum atomic E-state index is 12.9. The molecule has 11 nitrogen and oxygen atoms in total. The van der Waals surface area contributed by atoms with Crippen molar-refractivity contribution in [1.29, 1.82) is 0 Å². The fourth-order valence-corrected chi connectivity index (χ4v) is 6.10. The molecule has 2 aromatic carbocycles.